The van der Waals surface area contributed by atoms with Gasteiger partial charge >= 0.3 is 0 Å². The highest BCUT2D eigenvalue weighted by Crippen LogP contribution is 2.35. The van der Waals surface area contributed by atoms with Crippen molar-refractivity contribution in [3.05, 3.63) is 81.3 Å². The zero-order valence-electron chi connectivity index (χ0n) is 16.1. The molecule has 1 amide bonds. The predicted molar refractivity (Wildman–Crippen MR) is 117 cm³/mol. The summed E-state index contributed by atoms with van der Waals surface area (Å²) in [6.45, 7) is 1.91. The van der Waals surface area contributed by atoms with E-state index in [1.807, 2.05) is 43.3 Å². The topological polar surface area (TPSA) is 58.6 Å². The molecule has 0 saturated carbocycles. The number of benzene rings is 3. The molecule has 4 nitrogen and oxygen atoms in total. The molecule has 0 radical (unpaired) electrons. The number of nitrogens with one attached hydrogen (secondary N) is 1. The number of phenols is 1. The Labute approximate surface area is 180 Å². The average Bonchev–Trinajstić information content (AvgIpc) is 2.70. The Hall–Kier alpha value is -2.69. The Morgan fingerprint density at radius 1 is 1.03 bits per heavy atom. The smallest absolute Gasteiger partial charge is 0.257 e. The van der Waals surface area contributed by atoms with Gasteiger partial charge in [-0.05, 0) is 47.9 Å². The van der Waals surface area contributed by atoms with Gasteiger partial charge in [0.05, 0.1) is 0 Å². The van der Waals surface area contributed by atoms with Gasteiger partial charge in [0.15, 0.2) is 6.61 Å². The molecule has 150 valence electrons. The number of carbonyl (C=O) groups is 1. The molecule has 6 heteroatoms. The quantitative estimate of drug-likeness (QED) is 0.551. The highest BCUT2D eigenvalue weighted by molar-refractivity contribution is 6.36. The van der Waals surface area contributed by atoms with Gasteiger partial charge in [-0.1, -0.05) is 59.1 Å². The zero-order valence-corrected chi connectivity index (χ0v) is 17.6. The van der Waals surface area contributed by atoms with E-state index in [0.717, 1.165) is 27.8 Å². The van der Waals surface area contributed by atoms with Crippen LogP contribution in [0.4, 0.5) is 0 Å². The number of aryl methyl sites for hydroxylation is 1. The lowest BCUT2D eigenvalue weighted by Crippen LogP contribution is -2.24. The summed E-state index contributed by atoms with van der Waals surface area (Å²) in [5.74, 6) is 0.403. The summed E-state index contributed by atoms with van der Waals surface area (Å²) in [6, 6.07) is 16.7. The Bertz CT molecular complexity index is 1010. The van der Waals surface area contributed by atoms with Crippen molar-refractivity contribution in [1.29, 1.82) is 0 Å². The van der Waals surface area contributed by atoms with Crippen LogP contribution in [0.25, 0.3) is 11.1 Å². The molecule has 0 bridgehead atoms. The number of ether oxygens (including phenoxy) is 1. The van der Waals surface area contributed by atoms with Crippen LogP contribution >= 0.6 is 23.2 Å². The van der Waals surface area contributed by atoms with Crippen molar-refractivity contribution >= 4 is 29.1 Å². The van der Waals surface area contributed by atoms with Crippen molar-refractivity contribution in [2.75, 3.05) is 13.7 Å². The third kappa shape index (κ3) is 5.22. The molecule has 0 aliphatic heterocycles. The lowest BCUT2D eigenvalue weighted by Gasteiger charge is -2.13. The van der Waals surface area contributed by atoms with Crippen LogP contribution in [0, 0.1) is 6.92 Å². The lowest BCUT2D eigenvalue weighted by atomic mass is 9.97. The van der Waals surface area contributed by atoms with Crippen molar-refractivity contribution in [3.63, 3.8) is 0 Å². The van der Waals surface area contributed by atoms with E-state index in [4.69, 9.17) is 27.9 Å². The number of amides is 1. The van der Waals surface area contributed by atoms with Crippen LogP contribution in [0.3, 0.4) is 0 Å². The maximum Gasteiger partial charge on any atom is 0.257 e. The maximum absolute atomic E-state index is 11.3. The minimum absolute atomic E-state index is 0.111. The Kier molecular flexibility index (Phi) is 6.68. The third-order valence-electron chi connectivity index (χ3n) is 4.57. The lowest BCUT2D eigenvalue weighted by molar-refractivity contribution is -0.122. The molecule has 3 aromatic rings. The maximum atomic E-state index is 11.3. The van der Waals surface area contributed by atoms with Gasteiger partial charge in [-0.3, -0.25) is 4.79 Å². The molecule has 0 atom stereocenters. The Morgan fingerprint density at radius 3 is 2.31 bits per heavy atom. The highest BCUT2D eigenvalue weighted by atomic mass is 35.5. The first-order valence-electron chi connectivity index (χ1n) is 9.07. The third-order valence-corrected chi connectivity index (χ3v) is 5.24. The van der Waals surface area contributed by atoms with Crippen LogP contribution in [0.5, 0.6) is 11.5 Å². The molecule has 0 unspecified atom stereocenters. The largest absolute Gasteiger partial charge is 0.507 e. The summed E-state index contributed by atoms with van der Waals surface area (Å²) in [5, 5.41) is 13.7. The van der Waals surface area contributed by atoms with E-state index in [0.29, 0.717) is 22.2 Å². The van der Waals surface area contributed by atoms with E-state index in [2.05, 4.69) is 5.32 Å². The van der Waals surface area contributed by atoms with Crippen LogP contribution in [-0.2, 0) is 11.2 Å². The number of hydrogen-bond acceptors (Lipinski definition) is 3. The molecule has 0 heterocycles. The molecular formula is C23H21Cl2NO3. The van der Waals surface area contributed by atoms with Gasteiger partial charge in [0.25, 0.3) is 5.91 Å². The summed E-state index contributed by atoms with van der Waals surface area (Å²) < 4.78 is 5.41. The van der Waals surface area contributed by atoms with Gasteiger partial charge in [-0.2, -0.15) is 0 Å². The van der Waals surface area contributed by atoms with Gasteiger partial charge in [-0.15, -0.1) is 0 Å². The molecule has 0 aromatic heterocycles. The molecule has 0 saturated heterocycles. The molecule has 0 spiro atoms. The summed E-state index contributed by atoms with van der Waals surface area (Å²) >= 11 is 12.8. The van der Waals surface area contributed by atoms with E-state index in [9.17, 15) is 9.90 Å². The summed E-state index contributed by atoms with van der Waals surface area (Å²) in [6.07, 6.45) is 0.493. The number of hydrogen-bond donors (Lipinski definition) is 2. The number of phenolic OH excluding ortho intramolecular Hbond substituents is 1. The summed E-state index contributed by atoms with van der Waals surface area (Å²) in [5.41, 5.74) is 4.55. The van der Waals surface area contributed by atoms with E-state index in [1.54, 1.807) is 18.2 Å². The van der Waals surface area contributed by atoms with E-state index in [-0.39, 0.29) is 18.3 Å². The second kappa shape index (κ2) is 9.21. The van der Waals surface area contributed by atoms with Crippen molar-refractivity contribution in [3.8, 4) is 22.6 Å². The molecule has 3 aromatic carbocycles. The minimum Gasteiger partial charge on any atom is -0.507 e. The SMILES string of the molecule is CNC(=O)COc1cc(Cl)c(Cc2ccc(O)c(-c3ccc(C)cc3)c2)c(Cl)c1. The molecule has 0 fully saturated rings. The average molecular weight is 430 g/mol. The van der Waals surface area contributed by atoms with Gasteiger partial charge in [0.1, 0.15) is 11.5 Å². The molecule has 3 rings (SSSR count). The molecule has 29 heavy (non-hydrogen) atoms. The highest BCUT2D eigenvalue weighted by Gasteiger charge is 2.13. The number of rotatable bonds is 6. The number of halogens is 2. The van der Waals surface area contributed by atoms with E-state index in [1.165, 1.54) is 7.05 Å². The van der Waals surface area contributed by atoms with Gasteiger partial charge < -0.3 is 15.2 Å². The first-order chi connectivity index (χ1) is 13.9. The van der Waals surface area contributed by atoms with Crippen molar-refractivity contribution in [2.45, 2.75) is 13.3 Å². The minimum atomic E-state index is -0.242. The fraction of sp³-hybridized carbons (Fsp3) is 0.174. The van der Waals surface area contributed by atoms with Crippen molar-refractivity contribution < 1.29 is 14.6 Å². The first-order valence-corrected chi connectivity index (χ1v) is 9.83. The van der Waals surface area contributed by atoms with Crippen molar-refractivity contribution in [1.82, 2.24) is 5.32 Å². The van der Waals surface area contributed by atoms with Crippen LogP contribution in [0.1, 0.15) is 16.7 Å². The zero-order chi connectivity index (χ0) is 21.0. The summed E-state index contributed by atoms with van der Waals surface area (Å²) in [7, 11) is 1.54. The van der Waals surface area contributed by atoms with Crippen LogP contribution in [0.2, 0.25) is 10.0 Å². The summed E-state index contributed by atoms with van der Waals surface area (Å²) in [4.78, 5) is 11.3. The monoisotopic (exact) mass is 429 g/mol. The molecule has 2 N–H and O–H groups in total. The Morgan fingerprint density at radius 2 is 1.69 bits per heavy atom. The van der Waals surface area contributed by atoms with Gasteiger partial charge in [0, 0.05) is 29.1 Å². The second-order valence-electron chi connectivity index (χ2n) is 6.72. The predicted octanol–water partition coefficient (Wildman–Crippen LogP) is 5.39. The van der Waals surface area contributed by atoms with E-state index >= 15 is 0 Å². The number of carbonyl (C=O) groups excluding carboxylic acids is 1. The molecular weight excluding hydrogens is 409 g/mol. The number of aromatic hydroxyl groups is 1. The Balaban J connectivity index is 1.85. The van der Waals surface area contributed by atoms with Crippen LogP contribution in [0.15, 0.2) is 54.6 Å². The fourth-order valence-corrected chi connectivity index (χ4v) is 3.52. The van der Waals surface area contributed by atoms with Gasteiger partial charge in [0.2, 0.25) is 0 Å². The van der Waals surface area contributed by atoms with E-state index < -0.39 is 0 Å². The molecule has 0 aliphatic rings. The normalized spacial score (nSPS) is 10.6. The first kappa shape index (κ1) is 21.0. The van der Waals surface area contributed by atoms with Crippen LogP contribution < -0.4 is 10.1 Å². The fourth-order valence-electron chi connectivity index (χ4n) is 2.91. The van der Waals surface area contributed by atoms with Gasteiger partial charge in [-0.25, -0.2) is 0 Å². The van der Waals surface area contributed by atoms with Crippen molar-refractivity contribution in [2.24, 2.45) is 0 Å². The number of likely N-dealkylation sites (N-methyl/N-ethyl adjacent to an activating group) is 1. The molecule has 0 aliphatic carbocycles. The standard InChI is InChI=1S/C23H21Cl2NO3/c1-14-3-6-16(7-4-14)18-9-15(5-8-22(18)27)10-19-20(24)11-17(12-21(19)25)29-13-23(28)26-2/h3-9,11-12,27H,10,13H2,1-2H3,(H,26,28). The second-order valence-corrected chi connectivity index (χ2v) is 7.54. The van der Waals surface area contributed by atoms with Crippen LogP contribution in [-0.4, -0.2) is 24.7 Å².